The smallest absolute Gasteiger partial charge is 0.217 e. The van der Waals surface area contributed by atoms with Crippen molar-refractivity contribution >= 4 is 8.25 Å². The van der Waals surface area contributed by atoms with Gasteiger partial charge in [0.2, 0.25) is 0 Å². The molecule has 0 spiro atoms. The Labute approximate surface area is 85.0 Å². The zero-order valence-electron chi connectivity index (χ0n) is 7.17. The molecule has 97 valence electrons. The lowest BCUT2D eigenvalue weighted by Crippen LogP contribution is -2.17. The molecule has 0 bridgehead atoms. The Morgan fingerprint density at radius 1 is 0.812 bits per heavy atom. The molecule has 0 N–H and O–H groups in total. The maximum atomic E-state index is 11.4. The van der Waals surface area contributed by atoms with Crippen molar-refractivity contribution < 1.29 is 50.0 Å². The average Bonchev–Trinajstić information content (AvgIpc) is 1.98. The van der Waals surface area contributed by atoms with E-state index in [9.17, 15) is 30.9 Å². The molecule has 0 aromatic carbocycles. The Kier molecular flexibility index (Phi) is 6.11. The summed E-state index contributed by atoms with van der Waals surface area (Å²) in [7, 11) is -3.38. The van der Waals surface area contributed by atoms with E-state index in [0.717, 1.165) is 0 Å². The van der Waals surface area contributed by atoms with Crippen molar-refractivity contribution in [2.45, 2.75) is 12.4 Å². The van der Waals surface area contributed by atoms with Gasteiger partial charge in [0, 0.05) is 0 Å². The van der Waals surface area contributed by atoms with Gasteiger partial charge in [-0.1, -0.05) is 0 Å². The molecule has 0 rings (SSSR count). The van der Waals surface area contributed by atoms with Crippen LogP contribution in [0.5, 0.6) is 0 Å². The molecule has 0 aromatic heterocycles. The van der Waals surface area contributed by atoms with E-state index in [1.54, 1.807) is 0 Å². The highest BCUT2D eigenvalue weighted by molar-refractivity contribution is 7.32. The first kappa shape index (κ1) is 15.5. The summed E-state index contributed by atoms with van der Waals surface area (Å²) in [5.74, 6) is 0. The number of hydrogen-bond acceptors (Lipinski definition) is 5. The Morgan fingerprint density at radius 2 is 1.12 bits per heavy atom. The maximum absolute atomic E-state index is 11.4. The van der Waals surface area contributed by atoms with Gasteiger partial charge in [-0.3, -0.25) is 0 Å². The predicted molar refractivity (Wildman–Crippen MR) is 33.8 cm³/mol. The van der Waals surface area contributed by atoms with Crippen LogP contribution in [-0.4, -0.2) is 25.6 Å². The van der Waals surface area contributed by atoms with Crippen LogP contribution < -0.4 is 0 Å². The largest absolute Gasteiger partial charge is 0.427 e. The highest BCUT2D eigenvalue weighted by Crippen LogP contribution is 2.27. The minimum atomic E-state index is -4.73. The van der Waals surface area contributed by atoms with Crippen LogP contribution in [0.3, 0.4) is 0 Å². The monoisotopic (exact) mass is 277 g/mol. The van der Waals surface area contributed by atoms with Crippen molar-refractivity contribution in [3.63, 3.8) is 0 Å². The van der Waals surface area contributed by atoms with Crippen LogP contribution in [0.1, 0.15) is 0 Å². The molecular formula is C4H4F6O5P. The normalized spacial score (nSPS) is 12.9. The van der Waals surface area contributed by atoms with Crippen molar-refractivity contribution in [1.82, 2.24) is 0 Å². The van der Waals surface area contributed by atoms with Crippen molar-refractivity contribution in [3.8, 4) is 0 Å². The van der Waals surface area contributed by atoms with Crippen LogP contribution in [0, 0.1) is 0 Å². The first-order valence-electron chi connectivity index (χ1n) is 3.30. The highest BCUT2D eigenvalue weighted by atomic mass is 31.1. The van der Waals surface area contributed by atoms with E-state index in [0.29, 0.717) is 0 Å². The molecule has 16 heavy (non-hydrogen) atoms. The third-order valence-electron chi connectivity index (χ3n) is 0.672. The van der Waals surface area contributed by atoms with Gasteiger partial charge in [-0.15, -0.1) is 9.35 Å². The molecule has 0 saturated heterocycles. The molecule has 0 aromatic rings. The number of alkyl halides is 6. The van der Waals surface area contributed by atoms with Crippen LogP contribution in [0.4, 0.5) is 26.3 Å². The molecule has 12 heteroatoms. The van der Waals surface area contributed by atoms with Crippen molar-refractivity contribution in [2.75, 3.05) is 13.2 Å². The van der Waals surface area contributed by atoms with Crippen molar-refractivity contribution in [2.24, 2.45) is 0 Å². The lowest BCUT2D eigenvalue weighted by Gasteiger charge is -2.06. The van der Waals surface area contributed by atoms with E-state index < -0.39 is 33.8 Å². The fourth-order valence-corrected chi connectivity index (χ4v) is 0.587. The summed E-state index contributed by atoms with van der Waals surface area (Å²) in [5, 5.41) is 0. The Balaban J connectivity index is 3.53. The number of hydrogen-bond donors (Lipinski definition) is 0. The zero-order chi connectivity index (χ0) is 12.8. The van der Waals surface area contributed by atoms with Gasteiger partial charge in [0.25, 0.3) is 0 Å². The Morgan fingerprint density at radius 3 is 1.38 bits per heavy atom. The molecule has 0 aliphatic heterocycles. The van der Waals surface area contributed by atoms with Gasteiger partial charge in [-0.05, 0) is 0 Å². The summed E-state index contributed by atoms with van der Waals surface area (Å²) >= 11 is 0. The molecular weight excluding hydrogens is 273 g/mol. The molecule has 0 aliphatic rings. The van der Waals surface area contributed by atoms with Crippen molar-refractivity contribution in [3.05, 3.63) is 0 Å². The molecule has 0 fully saturated rings. The van der Waals surface area contributed by atoms with E-state index in [4.69, 9.17) is 0 Å². The lowest BCUT2D eigenvalue weighted by atomic mass is 10.7. The molecule has 0 atom stereocenters. The van der Waals surface area contributed by atoms with Crippen LogP contribution in [0.15, 0.2) is 0 Å². The molecule has 0 heterocycles. The summed E-state index contributed by atoms with van der Waals surface area (Å²) < 4.78 is 85.5. The van der Waals surface area contributed by atoms with E-state index in [-0.39, 0.29) is 0 Å². The second-order valence-electron chi connectivity index (χ2n) is 2.13. The molecule has 0 unspecified atom stereocenters. The standard InChI is InChI=1S/C4H4F6O5P/c5-3(6,7)1-12-14-16(11)15-13-2-4(8,9)10/h1-2H2. The van der Waals surface area contributed by atoms with E-state index >= 15 is 0 Å². The van der Waals surface area contributed by atoms with E-state index in [1.165, 1.54) is 0 Å². The SMILES string of the molecule is O=[P](OOCC(F)(F)F)OOCC(F)(F)F. The van der Waals surface area contributed by atoms with Gasteiger partial charge >= 0.3 is 20.6 Å². The first-order valence-corrected chi connectivity index (χ1v) is 4.39. The maximum Gasteiger partial charge on any atom is 0.427 e. The fraction of sp³-hybridized carbons (Fsp3) is 1.00. The first-order chi connectivity index (χ1) is 7.10. The summed E-state index contributed by atoms with van der Waals surface area (Å²) in [5.41, 5.74) is 0. The van der Waals surface area contributed by atoms with Gasteiger partial charge < -0.3 is 0 Å². The quantitative estimate of drug-likeness (QED) is 0.323. The molecule has 0 amide bonds. The fourth-order valence-electron chi connectivity index (χ4n) is 0.285. The van der Waals surface area contributed by atoms with Crippen molar-refractivity contribution in [1.29, 1.82) is 0 Å². The van der Waals surface area contributed by atoms with Crippen LogP contribution in [-0.2, 0) is 23.7 Å². The second kappa shape index (κ2) is 6.30. The van der Waals surface area contributed by atoms with Crippen LogP contribution in [0.2, 0.25) is 0 Å². The number of halogens is 6. The van der Waals surface area contributed by atoms with Gasteiger partial charge in [0.15, 0.2) is 13.2 Å². The molecule has 5 nitrogen and oxygen atoms in total. The molecule has 1 radical (unpaired) electrons. The van der Waals surface area contributed by atoms with Crippen LogP contribution in [0.25, 0.3) is 0 Å². The molecule has 0 aliphatic carbocycles. The third kappa shape index (κ3) is 11.6. The highest BCUT2D eigenvalue weighted by Gasteiger charge is 2.30. The van der Waals surface area contributed by atoms with E-state index in [1.807, 2.05) is 0 Å². The average molecular weight is 277 g/mol. The third-order valence-corrected chi connectivity index (χ3v) is 1.13. The minimum Gasteiger partial charge on any atom is -0.217 e. The summed E-state index contributed by atoms with van der Waals surface area (Å²) in [6.45, 7) is -3.78. The zero-order valence-corrected chi connectivity index (χ0v) is 8.06. The summed E-state index contributed by atoms with van der Waals surface area (Å²) in [6.07, 6.45) is -9.47. The van der Waals surface area contributed by atoms with Gasteiger partial charge in [0.05, 0.1) is 0 Å². The van der Waals surface area contributed by atoms with Gasteiger partial charge in [-0.25, -0.2) is 14.3 Å². The Hall–Kier alpha value is -0.480. The molecule has 0 saturated carbocycles. The Bertz CT molecular complexity index is 204. The number of rotatable bonds is 6. The topological polar surface area (TPSA) is 54.0 Å². The minimum absolute atomic E-state index is 1.89. The lowest BCUT2D eigenvalue weighted by molar-refractivity contribution is -0.316. The second-order valence-corrected chi connectivity index (χ2v) is 2.87. The van der Waals surface area contributed by atoms with Crippen LogP contribution >= 0.6 is 8.25 Å². The van der Waals surface area contributed by atoms with E-state index in [2.05, 4.69) is 19.1 Å². The predicted octanol–water partition coefficient (Wildman–Crippen LogP) is 2.66. The summed E-state index contributed by atoms with van der Waals surface area (Å²) in [4.78, 5) is 6.70. The van der Waals surface area contributed by atoms with Gasteiger partial charge in [-0.2, -0.15) is 26.3 Å². The summed E-state index contributed by atoms with van der Waals surface area (Å²) in [6, 6.07) is 0. The van der Waals surface area contributed by atoms with Gasteiger partial charge in [0.1, 0.15) is 0 Å².